The number of carbonyl (C=O) groups is 2. The highest BCUT2D eigenvalue weighted by Gasteiger charge is 2.28. The first-order chi connectivity index (χ1) is 13.9. The smallest absolute Gasteiger partial charge is 0.325 e. The van der Waals surface area contributed by atoms with Gasteiger partial charge in [-0.3, -0.25) is 9.69 Å². The summed E-state index contributed by atoms with van der Waals surface area (Å²) in [4.78, 5) is 41.2. The fourth-order valence-electron chi connectivity index (χ4n) is 3.88. The third-order valence-corrected chi connectivity index (χ3v) is 5.54. The predicted molar refractivity (Wildman–Crippen MR) is 111 cm³/mol. The molecule has 2 aliphatic heterocycles. The molecule has 0 bridgehead atoms. The maximum absolute atomic E-state index is 12.9. The van der Waals surface area contributed by atoms with Gasteiger partial charge in [-0.1, -0.05) is 6.07 Å². The van der Waals surface area contributed by atoms with Gasteiger partial charge in [0.2, 0.25) is 0 Å². The molecule has 4 heterocycles. The molecule has 2 aliphatic rings. The quantitative estimate of drug-likeness (QED) is 0.795. The van der Waals surface area contributed by atoms with Crippen molar-refractivity contribution in [1.82, 2.24) is 19.8 Å². The van der Waals surface area contributed by atoms with Crippen LogP contribution < -0.4 is 9.80 Å². The number of likely N-dealkylation sites (N-methyl/N-ethyl adjacent to an activating group) is 1. The van der Waals surface area contributed by atoms with Crippen LogP contribution in [0.5, 0.6) is 0 Å². The summed E-state index contributed by atoms with van der Waals surface area (Å²) in [5.74, 6) is 1.55. The number of hydrogen-bond acceptors (Lipinski definition) is 5. The van der Waals surface area contributed by atoms with E-state index in [2.05, 4.69) is 27.9 Å². The Hall–Kier alpha value is -3.16. The number of hydrogen-bond donors (Lipinski definition) is 0. The van der Waals surface area contributed by atoms with Crippen LogP contribution >= 0.6 is 0 Å². The van der Waals surface area contributed by atoms with E-state index in [-0.39, 0.29) is 11.9 Å². The van der Waals surface area contributed by atoms with Gasteiger partial charge >= 0.3 is 6.03 Å². The molecule has 8 heteroatoms. The van der Waals surface area contributed by atoms with E-state index in [1.54, 1.807) is 35.2 Å². The lowest BCUT2D eigenvalue weighted by molar-refractivity contribution is 0.0746. The van der Waals surface area contributed by atoms with E-state index in [0.717, 1.165) is 30.0 Å². The van der Waals surface area contributed by atoms with Crippen LogP contribution in [-0.2, 0) is 0 Å². The summed E-state index contributed by atoms with van der Waals surface area (Å²) >= 11 is 0. The first kappa shape index (κ1) is 19.2. The van der Waals surface area contributed by atoms with Gasteiger partial charge in [-0.15, -0.1) is 0 Å². The van der Waals surface area contributed by atoms with Crippen molar-refractivity contribution in [3.63, 3.8) is 0 Å². The molecule has 0 saturated carbocycles. The van der Waals surface area contributed by atoms with Gasteiger partial charge < -0.3 is 14.7 Å². The molecule has 2 saturated heterocycles. The number of aryl methyl sites for hydroxylation is 2. The zero-order valence-corrected chi connectivity index (χ0v) is 17.1. The topological polar surface area (TPSA) is 72.9 Å². The molecule has 2 aromatic rings. The van der Waals surface area contributed by atoms with E-state index in [9.17, 15) is 9.59 Å². The SMILES string of the molecule is Cc1cnc(N2CCN(C(=O)c3ccc(N4CCN(C)C4=O)nc3)CC2)c(C)c1. The van der Waals surface area contributed by atoms with Crippen LogP contribution in [0.4, 0.5) is 16.4 Å². The van der Waals surface area contributed by atoms with Crippen molar-refractivity contribution in [1.29, 1.82) is 0 Å². The van der Waals surface area contributed by atoms with Gasteiger partial charge in [0.15, 0.2) is 0 Å². The van der Waals surface area contributed by atoms with Crippen LogP contribution in [0.3, 0.4) is 0 Å². The second-order valence-electron chi connectivity index (χ2n) is 7.69. The van der Waals surface area contributed by atoms with Gasteiger partial charge in [0, 0.05) is 58.7 Å². The Balaban J connectivity index is 1.39. The minimum absolute atomic E-state index is 0.0258. The van der Waals surface area contributed by atoms with Crippen molar-refractivity contribution < 1.29 is 9.59 Å². The molecule has 0 radical (unpaired) electrons. The zero-order chi connectivity index (χ0) is 20.5. The van der Waals surface area contributed by atoms with Crippen molar-refractivity contribution >= 4 is 23.6 Å². The molecule has 0 spiro atoms. The average Bonchev–Trinajstić information content (AvgIpc) is 3.06. The third kappa shape index (κ3) is 3.74. The van der Waals surface area contributed by atoms with Gasteiger partial charge in [0.1, 0.15) is 11.6 Å². The molecule has 0 N–H and O–H groups in total. The minimum atomic E-state index is -0.0623. The number of nitrogens with zero attached hydrogens (tertiary/aromatic N) is 6. The van der Waals surface area contributed by atoms with Crippen molar-refractivity contribution in [2.24, 2.45) is 0 Å². The number of piperazine rings is 1. The number of rotatable bonds is 3. The highest BCUT2D eigenvalue weighted by Crippen LogP contribution is 2.21. The summed E-state index contributed by atoms with van der Waals surface area (Å²) in [7, 11) is 1.77. The molecular weight excluding hydrogens is 368 g/mol. The maximum Gasteiger partial charge on any atom is 0.325 e. The lowest BCUT2D eigenvalue weighted by Crippen LogP contribution is -2.49. The third-order valence-electron chi connectivity index (χ3n) is 5.54. The number of urea groups is 1. The minimum Gasteiger partial charge on any atom is -0.353 e. The van der Waals surface area contributed by atoms with Crippen LogP contribution in [0.2, 0.25) is 0 Å². The van der Waals surface area contributed by atoms with Gasteiger partial charge in [0.25, 0.3) is 5.91 Å². The average molecular weight is 394 g/mol. The Kier molecular flexibility index (Phi) is 5.08. The van der Waals surface area contributed by atoms with E-state index < -0.39 is 0 Å². The lowest BCUT2D eigenvalue weighted by atomic mass is 10.2. The Morgan fingerprint density at radius 3 is 2.31 bits per heavy atom. The second-order valence-corrected chi connectivity index (χ2v) is 7.69. The molecule has 0 unspecified atom stereocenters. The lowest BCUT2D eigenvalue weighted by Gasteiger charge is -2.36. The first-order valence-electron chi connectivity index (χ1n) is 9.90. The largest absolute Gasteiger partial charge is 0.353 e. The molecule has 3 amide bonds. The van der Waals surface area contributed by atoms with Crippen molar-refractivity contribution in [2.45, 2.75) is 13.8 Å². The Morgan fingerprint density at radius 2 is 1.72 bits per heavy atom. The van der Waals surface area contributed by atoms with E-state index in [4.69, 9.17) is 0 Å². The molecule has 0 aromatic carbocycles. The van der Waals surface area contributed by atoms with Crippen LogP contribution in [0, 0.1) is 13.8 Å². The molecular formula is C21H26N6O2. The molecule has 2 aromatic heterocycles. The molecule has 0 atom stereocenters. The normalized spacial score (nSPS) is 17.3. The van der Waals surface area contributed by atoms with Crippen molar-refractivity contribution in [3.8, 4) is 0 Å². The number of pyridine rings is 2. The van der Waals surface area contributed by atoms with Crippen molar-refractivity contribution in [3.05, 3.63) is 47.3 Å². The summed E-state index contributed by atoms with van der Waals surface area (Å²) in [5, 5.41) is 0. The highest BCUT2D eigenvalue weighted by atomic mass is 16.2. The Bertz CT molecular complexity index is 921. The van der Waals surface area contributed by atoms with E-state index in [1.165, 1.54) is 0 Å². The van der Waals surface area contributed by atoms with Gasteiger partial charge in [0.05, 0.1) is 5.56 Å². The number of aromatic nitrogens is 2. The van der Waals surface area contributed by atoms with E-state index in [1.807, 2.05) is 18.0 Å². The molecule has 0 aliphatic carbocycles. The molecule has 8 nitrogen and oxygen atoms in total. The van der Waals surface area contributed by atoms with Crippen molar-refractivity contribution in [2.75, 3.05) is 56.1 Å². The summed E-state index contributed by atoms with van der Waals surface area (Å²) in [5.41, 5.74) is 2.86. The fourth-order valence-corrected chi connectivity index (χ4v) is 3.88. The summed E-state index contributed by atoms with van der Waals surface area (Å²) in [6.07, 6.45) is 3.46. The second kappa shape index (κ2) is 7.69. The summed E-state index contributed by atoms with van der Waals surface area (Å²) in [6.45, 7) is 8.20. The standard InChI is InChI=1S/C21H26N6O2/c1-15-12-16(2)19(23-13-15)25-7-9-26(10-8-25)20(28)17-4-5-18(22-14-17)27-11-6-24(3)21(27)29/h4-5,12-14H,6-11H2,1-3H3. The number of anilines is 2. The molecule has 4 rings (SSSR count). The van der Waals surface area contributed by atoms with Gasteiger partial charge in [-0.25, -0.2) is 14.8 Å². The number of amides is 3. The fraction of sp³-hybridized carbons (Fsp3) is 0.429. The zero-order valence-electron chi connectivity index (χ0n) is 17.1. The monoisotopic (exact) mass is 394 g/mol. The molecule has 29 heavy (non-hydrogen) atoms. The maximum atomic E-state index is 12.9. The van der Waals surface area contributed by atoms with Gasteiger partial charge in [-0.05, 0) is 37.1 Å². The molecule has 2 fully saturated rings. The highest BCUT2D eigenvalue weighted by molar-refractivity contribution is 5.96. The van der Waals surface area contributed by atoms with Gasteiger partial charge in [-0.2, -0.15) is 0 Å². The summed E-state index contributed by atoms with van der Waals surface area (Å²) < 4.78 is 0. The first-order valence-corrected chi connectivity index (χ1v) is 9.90. The van der Waals surface area contributed by atoms with Crippen LogP contribution in [0.25, 0.3) is 0 Å². The van der Waals surface area contributed by atoms with E-state index >= 15 is 0 Å². The van der Waals surface area contributed by atoms with Crippen LogP contribution in [0.15, 0.2) is 30.6 Å². The predicted octanol–water partition coefficient (Wildman–Crippen LogP) is 1.93. The summed E-state index contributed by atoms with van der Waals surface area (Å²) in [6, 6.07) is 5.58. The van der Waals surface area contributed by atoms with Crippen LogP contribution in [-0.4, -0.2) is 78.0 Å². The Morgan fingerprint density at radius 1 is 0.966 bits per heavy atom. The van der Waals surface area contributed by atoms with Crippen LogP contribution in [0.1, 0.15) is 21.5 Å². The number of carbonyl (C=O) groups excluding carboxylic acids is 2. The Labute approximate surface area is 170 Å². The molecule has 152 valence electrons. The van der Waals surface area contributed by atoms with E-state index in [0.29, 0.717) is 37.6 Å².